The van der Waals surface area contributed by atoms with Crippen LogP contribution < -0.4 is 0 Å². The maximum Gasteiger partial charge on any atom is 0.337 e. The molecule has 0 spiro atoms. The molecule has 0 saturated carbocycles. The van der Waals surface area contributed by atoms with Crippen molar-refractivity contribution in [1.29, 1.82) is 0 Å². The number of carbonyl (C=O) groups excluding carboxylic acids is 2. The molecule has 0 aliphatic heterocycles. The van der Waals surface area contributed by atoms with Crippen LogP contribution in [0.25, 0.3) is 0 Å². The van der Waals surface area contributed by atoms with Gasteiger partial charge in [0.1, 0.15) is 0 Å². The molecular formula is C36H59NO4P+. The standard InChI is InChI=1S/C20H23O4P.C16H36N/c1-13(2)15-5-9-17(10-6-15)19(21)25(23,24)20(22)18-11-7-16(8-12-18)14(3)4;1-5-9-13-17(14-10-6-2,15-11-7-3)16-12-8-4/h5-14H,1-4H3,(H,23,24);5-16H2,1-4H3/q;+1. The van der Waals surface area contributed by atoms with Gasteiger partial charge in [0.25, 0.3) is 11.0 Å². The largest absolute Gasteiger partial charge is 0.337 e. The zero-order valence-corrected chi connectivity index (χ0v) is 28.7. The third kappa shape index (κ3) is 11.9. The molecule has 2 aromatic carbocycles. The molecular weight excluding hydrogens is 541 g/mol. The van der Waals surface area contributed by atoms with Crippen LogP contribution in [0, 0.1) is 0 Å². The van der Waals surface area contributed by atoms with E-state index in [1.54, 1.807) is 24.3 Å². The van der Waals surface area contributed by atoms with Crippen LogP contribution in [0.4, 0.5) is 0 Å². The van der Waals surface area contributed by atoms with Crippen molar-refractivity contribution < 1.29 is 23.5 Å². The fourth-order valence-electron chi connectivity index (χ4n) is 5.11. The number of benzene rings is 2. The van der Waals surface area contributed by atoms with Gasteiger partial charge < -0.3 is 9.38 Å². The Kier molecular flexibility index (Phi) is 17.4. The first-order valence-corrected chi connectivity index (χ1v) is 18.0. The van der Waals surface area contributed by atoms with E-state index in [-0.39, 0.29) is 23.0 Å². The fraction of sp³-hybridized carbons (Fsp3) is 0.611. The maximum absolute atomic E-state index is 12.5. The van der Waals surface area contributed by atoms with Crippen molar-refractivity contribution in [1.82, 2.24) is 0 Å². The summed E-state index contributed by atoms with van der Waals surface area (Å²) >= 11 is 0. The first kappa shape index (κ1) is 38.0. The highest BCUT2D eigenvalue weighted by molar-refractivity contribution is 7.91. The molecule has 2 aromatic rings. The number of hydrogen-bond donors (Lipinski definition) is 1. The minimum absolute atomic E-state index is 0.0717. The lowest BCUT2D eigenvalue weighted by Crippen LogP contribution is -2.50. The molecule has 42 heavy (non-hydrogen) atoms. The number of hydrogen-bond acceptors (Lipinski definition) is 3. The molecule has 0 aliphatic carbocycles. The quantitative estimate of drug-likeness (QED) is 0.136. The minimum Gasteiger partial charge on any atom is -0.333 e. The topological polar surface area (TPSA) is 71.4 Å². The third-order valence-corrected chi connectivity index (χ3v) is 9.76. The van der Waals surface area contributed by atoms with E-state index in [0.717, 1.165) is 11.1 Å². The second kappa shape index (κ2) is 19.3. The van der Waals surface area contributed by atoms with Gasteiger partial charge in [0, 0.05) is 11.1 Å². The van der Waals surface area contributed by atoms with Crippen LogP contribution in [0.2, 0.25) is 0 Å². The summed E-state index contributed by atoms with van der Waals surface area (Å²) in [5.74, 6) is 0.567. The van der Waals surface area contributed by atoms with E-state index in [1.807, 2.05) is 27.7 Å². The molecule has 1 N–H and O–H groups in total. The Hall–Kier alpha value is -2.07. The van der Waals surface area contributed by atoms with Gasteiger partial charge in [-0.05, 0) is 48.6 Å². The smallest absolute Gasteiger partial charge is 0.333 e. The molecule has 236 valence electrons. The average Bonchev–Trinajstić information content (AvgIpc) is 3.00. The lowest BCUT2D eigenvalue weighted by molar-refractivity contribution is -0.929. The first-order chi connectivity index (χ1) is 19.9. The van der Waals surface area contributed by atoms with Crippen molar-refractivity contribution in [2.45, 2.75) is 119 Å². The first-order valence-electron chi connectivity index (χ1n) is 16.4. The van der Waals surface area contributed by atoms with Crippen molar-refractivity contribution in [2.24, 2.45) is 0 Å². The summed E-state index contributed by atoms with van der Waals surface area (Å²) in [5.41, 5.74) is 0.117. The lowest BCUT2D eigenvalue weighted by atomic mass is 10.0. The second-order valence-corrected chi connectivity index (χ2v) is 14.4. The molecule has 0 amide bonds. The Balaban J connectivity index is 0.000000456. The highest BCUT2D eigenvalue weighted by Crippen LogP contribution is 2.47. The third-order valence-electron chi connectivity index (χ3n) is 8.14. The van der Waals surface area contributed by atoms with Gasteiger partial charge >= 0.3 is 7.37 Å². The molecule has 0 unspecified atom stereocenters. The molecule has 0 radical (unpaired) electrons. The van der Waals surface area contributed by atoms with Gasteiger partial charge in [-0.3, -0.25) is 14.2 Å². The highest BCUT2D eigenvalue weighted by Gasteiger charge is 2.39. The van der Waals surface area contributed by atoms with Crippen LogP contribution in [0.15, 0.2) is 48.5 Å². The molecule has 5 nitrogen and oxygen atoms in total. The van der Waals surface area contributed by atoms with Gasteiger partial charge in [-0.15, -0.1) is 0 Å². The van der Waals surface area contributed by atoms with E-state index in [1.165, 1.54) is 106 Å². The molecule has 2 rings (SSSR count). The van der Waals surface area contributed by atoms with E-state index in [9.17, 15) is 19.0 Å². The van der Waals surface area contributed by atoms with Gasteiger partial charge in [0.15, 0.2) is 0 Å². The predicted molar refractivity (Wildman–Crippen MR) is 179 cm³/mol. The highest BCUT2D eigenvalue weighted by atomic mass is 31.2. The van der Waals surface area contributed by atoms with Crippen molar-refractivity contribution in [2.75, 3.05) is 26.2 Å². The summed E-state index contributed by atoms with van der Waals surface area (Å²) in [6, 6.07) is 12.9. The van der Waals surface area contributed by atoms with Gasteiger partial charge in [0.2, 0.25) is 0 Å². The monoisotopic (exact) mass is 600 g/mol. The average molecular weight is 601 g/mol. The Morgan fingerprint density at radius 3 is 1.07 bits per heavy atom. The van der Waals surface area contributed by atoms with Crippen LogP contribution in [0.3, 0.4) is 0 Å². The number of quaternary nitrogens is 1. The van der Waals surface area contributed by atoms with Crippen LogP contribution in [0.5, 0.6) is 0 Å². The Morgan fingerprint density at radius 2 is 0.857 bits per heavy atom. The van der Waals surface area contributed by atoms with Gasteiger partial charge in [-0.1, -0.05) is 130 Å². The number of unbranched alkanes of at least 4 members (excludes halogenated alkanes) is 4. The molecule has 0 fully saturated rings. The predicted octanol–water partition coefficient (Wildman–Crippen LogP) is 10.2. The van der Waals surface area contributed by atoms with Crippen LogP contribution >= 0.6 is 7.37 Å². The molecule has 0 heterocycles. The lowest BCUT2D eigenvalue weighted by Gasteiger charge is -2.39. The van der Waals surface area contributed by atoms with E-state index in [4.69, 9.17) is 0 Å². The minimum atomic E-state index is -4.67. The van der Waals surface area contributed by atoms with E-state index in [0.29, 0.717) is 0 Å². The molecule has 6 heteroatoms. The van der Waals surface area contributed by atoms with Crippen LogP contribution in [0.1, 0.15) is 150 Å². The zero-order chi connectivity index (χ0) is 31.8. The van der Waals surface area contributed by atoms with Crippen molar-refractivity contribution in [3.8, 4) is 0 Å². The molecule has 0 aliphatic rings. The summed E-state index contributed by atoms with van der Waals surface area (Å²) in [4.78, 5) is 35.0. The van der Waals surface area contributed by atoms with Crippen molar-refractivity contribution in [3.63, 3.8) is 0 Å². The zero-order valence-electron chi connectivity index (χ0n) is 27.8. The Labute approximate surface area is 257 Å². The number of rotatable bonds is 18. The Morgan fingerprint density at radius 1 is 0.595 bits per heavy atom. The number of nitrogens with zero attached hydrogens (tertiary/aromatic N) is 1. The second-order valence-electron chi connectivity index (χ2n) is 12.4. The van der Waals surface area contributed by atoms with Crippen LogP contribution in [-0.4, -0.2) is 46.6 Å². The van der Waals surface area contributed by atoms with Gasteiger partial charge in [-0.2, -0.15) is 0 Å². The molecule has 0 atom stereocenters. The van der Waals surface area contributed by atoms with E-state index < -0.39 is 18.4 Å². The summed E-state index contributed by atoms with van der Waals surface area (Å²) in [6.45, 7) is 23.1. The summed E-state index contributed by atoms with van der Waals surface area (Å²) in [7, 11) is -4.67. The maximum atomic E-state index is 12.5. The summed E-state index contributed by atoms with van der Waals surface area (Å²) in [6.07, 6.45) is 11.1. The molecule has 0 aromatic heterocycles. The van der Waals surface area contributed by atoms with Crippen molar-refractivity contribution >= 4 is 18.4 Å². The van der Waals surface area contributed by atoms with Gasteiger partial charge in [0.05, 0.1) is 26.2 Å². The van der Waals surface area contributed by atoms with Crippen molar-refractivity contribution in [3.05, 3.63) is 70.8 Å². The van der Waals surface area contributed by atoms with E-state index in [2.05, 4.69) is 27.7 Å². The Bertz CT molecular complexity index is 1000. The molecule has 0 saturated heterocycles. The van der Waals surface area contributed by atoms with E-state index >= 15 is 0 Å². The van der Waals surface area contributed by atoms with Gasteiger partial charge in [-0.25, -0.2) is 0 Å². The SMILES string of the molecule is CC(C)c1ccc(C(=O)P(=O)(O)C(=O)c2ccc(C(C)C)cc2)cc1.CCCC[N+](CCCC)(CCCC)CCCC. The van der Waals surface area contributed by atoms with Crippen LogP contribution in [-0.2, 0) is 4.57 Å². The molecule has 0 bridgehead atoms. The summed E-state index contributed by atoms with van der Waals surface area (Å²) in [5, 5.41) is 0. The summed E-state index contributed by atoms with van der Waals surface area (Å²) < 4.78 is 13.9. The normalized spacial score (nSPS) is 11.9. The number of carbonyl (C=O) groups is 2. The fourth-order valence-corrected chi connectivity index (χ4v) is 6.29.